The lowest BCUT2D eigenvalue weighted by atomic mass is 9.95. The standard InChI is InChI=1S/C27H25NO5/c1-4-17-5-11-20(12-6-17)28-24(18-7-13-21(32-2)14-8-18)23(26(30)27(28)31)25(29)19-9-15-22(33-3)16-10-19/h5-16,24,29H,4H2,1-3H3/b25-23+. The van der Waals surface area contributed by atoms with Crippen LogP contribution in [0.3, 0.4) is 0 Å². The highest BCUT2D eigenvalue weighted by molar-refractivity contribution is 6.51. The van der Waals surface area contributed by atoms with Crippen molar-refractivity contribution in [2.24, 2.45) is 0 Å². The number of Topliss-reactive ketones (excluding diaryl/α,β-unsaturated/α-hetero) is 1. The second-order valence-electron chi connectivity index (χ2n) is 7.69. The van der Waals surface area contributed by atoms with E-state index in [2.05, 4.69) is 0 Å². The van der Waals surface area contributed by atoms with Crippen LogP contribution in [0.2, 0.25) is 0 Å². The predicted octanol–water partition coefficient (Wildman–Crippen LogP) is 4.89. The molecule has 168 valence electrons. The quantitative estimate of drug-likeness (QED) is 0.333. The van der Waals surface area contributed by atoms with Crippen molar-refractivity contribution in [3.05, 3.63) is 95.1 Å². The molecule has 0 aromatic heterocycles. The van der Waals surface area contributed by atoms with Gasteiger partial charge < -0.3 is 14.6 Å². The van der Waals surface area contributed by atoms with Gasteiger partial charge in [-0.05, 0) is 66.1 Å². The van der Waals surface area contributed by atoms with Gasteiger partial charge in [-0.1, -0.05) is 31.2 Å². The van der Waals surface area contributed by atoms with Gasteiger partial charge in [-0.25, -0.2) is 0 Å². The molecule has 0 aliphatic carbocycles. The largest absolute Gasteiger partial charge is 0.507 e. The number of anilines is 1. The molecule has 1 amide bonds. The fourth-order valence-electron chi connectivity index (χ4n) is 4.00. The molecule has 3 aromatic rings. The van der Waals surface area contributed by atoms with Gasteiger partial charge in [0, 0.05) is 11.3 Å². The van der Waals surface area contributed by atoms with Gasteiger partial charge in [-0.3, -0.25) is 14.5 Å². The SMILES string of the molecule is CCc1ccc(N2C(=O)C(=O)/C(=C(/O)c3ccc(OC)cc3)C2c2ccc(OC)cc2)cc1. The summed E-state index contributed by atoms with van der Waals surface area (Å²) in [4.78, 5) is 27.8. The Hall–Kier alpha value is -4.06. The van der Waals surface area contributed by atoms with E-state index in [1.54, 1.807) is 62.8 Å². The van der Waals surface area contributed by atoms with Crippen molar-refractivity contribution < 1.29 is 24.2 Å². The number of benzene rings is 3. The zero-order valence-electron chi connectivity index (χ0n) is 18.7. The number of methoxy groups -OCH3 is 2. The number of nitrogens with zero attached hydrogens (tertiary/aromatic N) is 1. The minimum Gasteiger partial charge on any atom is -0.507 e. The third kappa shape index (κ3) is 4.07. The lowest BCUT2D eigenvalue weighted by Crippen LogP contribution is -2.29. The minimum atomic E-state index is -0.787. The molecule has 1 N–H and O–H groups in total. The predicted molar refractivity (Wildman–Crippen MR) is 127 cm³/mol. The highest BCUT2D eigenvalue weighted by Gasteiger charge is 2.46. The van der Waals surface area contributed by atoms with Crippen LogP contribution >= 0.6 is 0 Å². The highest BCUT2D eigenvalue weighted by atomic mass is 16.5. The zero-order chi connectivity index (χ0) is 23.5. The fourth-order valence-corrected chi connectivity index (χ4v) is 4.00. The molecule has 1 heterocycles. The van der Waals surface area contributed by atoms with Gasteiger partial charge in [0.2, 0.25) is 0 Å². The maximum Gasteiger partial charge on any atom is 0.300 e. The Morgan fingerprint density at radius 2 is 1.39 bits per heavy atom. The molecule has 3 aromatic carbocycles. The second-order valence-corrected chi connectivity index (χ2v) is 7.69. The van der Waals surface area contributed by atoms with Gasteiger partial charge in [-0.2, -0.15) is 0 Å². The van der Waals surface area contributed by atoms with Crippen LogP contribution in [0.25, 0.3) is 5.76 Å². The van der Waals surface area contributed by atoms with Crippen molar-refractivity contribution >= 4 is 23.1 Å². The maximum atomic E-state index is 13.2. The minimum absolute atomic E-state index is 0.0369. The Kier molecular flexibility index (Phi) is 6.18. The number of hydrogen-bond donors (Lipinski definition) is 1. The van der Waals surface area contributed by atoms with Crippen molar-refractivity contribution in [3.63, 3.8) is 0 Å². The van der Waals surface area contributed by atoms with Crippen LogP contribution in [0.5, 0.6) is 11.5 Å². The first kappa shape index (κ1) is 22.1. The number of carbonyl (C=O) groups is 2. The van der Waals surface area contributed by atoms with Crippen LogP contribution in [0.1, 0.15) is 29.7 Å². The van der Waals surface area contributed by atoms with Crippen LogP contribution in [0, 0.1) is 0 Å². The number of aliphatic hydroxyl groups is 1. The smallest absolute Gasteiger partial charge is 0.300 e. The van der Waals surface area contributed by atoms with Gasteiger partial charge in [0.1, 0.15) is 17.3 Å². The molecule has 0 saturated carbocycles. The van der Waals surface area contributed by atoms with Crippen molar-refractivity contribution in [3.8, 4) is 11.5 Å². The van der Waals surface area contributed by atoms with Gasteiger partial charge >= 0.3 is 0 Å². The molecule has 1 unspecified atom stereocenters. The highest BCUT2D eigenvalue weighted by Crippen LogP contribution is 2.42. The van der Waals surface area contributed by atoms with Crippen LogP contribution in [0.15, 0.2) is 78.4 Å². The van der Waals surface area contributed by atoms with E-state index in [1.165, 1.54) is 4.90 Å². The van der Waals surface area contributed by atoms with Crippen molar-refractivity contribution in [1.82, 2.24) is 0 Å². The molecular formula is C27H25NO5. The third-order valence-corrected chi connectivity index (χ3v) is 5.86. The van der Waals surface area contributed by atoms with E-state index in [0.717, 1.165) is 12.0 Å². The Morgan fingerprint density at radius 1 is 0.848 bits per heavy atom. The van der Waals surface area contributed by atoms with E-state index >= 15 is 0 Å². The summed E-state index contributed by atoms with van der Waals surface area (Å²) in [6, 6.07) is 20.6. The van der Waals surface area contributed by atoms with Crippen molar-refractivity contribution in [1.29, 1.82) is 0 Å². The lowest BCUT2D eigenvalue weighted by Gasteiger charge is -2.25. The average molecular weight is 443 g/mol. The molecule has 1 aliphatic heterocycles. The van der Waals surface area contributed by atoms with Crippen LogP contribution in [0.4, 0.5) is 5.69 Å². The maximum absolute atomic E-state index is 13.2. The first-order chi connectivity index (χ1) is 16.0. The van der Waals surface area contributed by atoms with Gasteiger partial charge in [-0.15, -0.1) is 0 Å². The topological polar surface area (TPSA) is 76.1 Å². The summed E-state index contributed by atoms with van der Waals surface area (Å²) in [5.74, 6) is -0.379. The van der Waals surface area contributed by atoms with E-state index < -0.39 is 17.7 Å². The molecule has 33 heavy (non-hydrogen) atoms. The second kappa shape index (κ2) is 9.20. The third-order valence-electron chi connectivity index (χ3n) is 5.86. The van der Waals surface area contributed by atoms with E-state index in [4.69, 9.17) is 9.47 Å². The van der Waals surface area contributed by atoms with E-state index in [0.29, 0.717) is 28.3 Å². The first-order valence-corrected chi connectivity index (χ1v) is 10.7. The molecular weight excluding hydrogens is 418 g/mol. The summed E-state index contributed by atoms with van der Waals surface area (Å²) >= 11 is 0. The Morgan fingerprint density at radius 3 is 1.91 bits per heavy atom. The summed E-state index contributed by atoms with van der Waals surface area (Å²) in [5.41, 5.74) is 2.85. The van der Waals surface area contributed by atoms with E-state index in [1.807, 2.05) is 31.2 Å². The number of aliphatic hydroxyl groups excluding tert-OH is 1. The summed E-state index contributed by atoms with van der Waals surface area (Å²) in [6.45, 7) is 2.05. The Balaban J connectivity index is 1.89. The number of aryl methyl sites for hydroxylation is 1. The first-order valence-electron chi connectivity index (χ1n) is 10.7. The molecule has 1 atom stereocenters. The van der Waals surface area contributed by atoms with E-state index in [-0.39, 0.29) is 11.3 Å². The summed E-state index contributed by atoms with van der Waals surface area (Å²) in [5, 5.41) is 11.2. The monoisotopic (exact) mass is 443 g/mol. The number of ketones is 1. The molecule has 1 fully saturated rings. The molecule has 6 nitrogen and oxygen atoms in total. The van der Waals surface area contributed by atoms with Crippen molar-refractivity contribution in [2.45, 2.75) is 19.4 Å². The molecule has 0 radical (unpaired) electrons. The van der Waals surface area contributed by atoms with Crippen molar-refractivity contribution in [2.75, 3.05) is 19.1 Å². The van der Waals surface area contributed by atoms with Crippen LogP contribution < -0.4 is 14.4 Å². The number of carbonyl (C=O) groups excluding carboxylic acids is 2. The normalized spacial score (nSPS) is 17.3. The number of rotatable bonds is 6. The molecule has 6 heteroatoms. The van der Waals surface area contributed by atoms with Gasteiger partial charge in [0.25, 0.3) is 11.7 Å². The molecule has 0 bridgehead atoms. The van der Waals surface area contributed by atoms with Crippen LogP contribution in [-0.2, 0) is 16.0 Å². The summed E-state index contributed by atoms with van der Waals surface area (Å²) in [7, 11) is 3.12. The number of hydrogen-bond acceptors (Lipinski definition) is 5. The molecule has 1 saturated heterocycles. The molecule has 1 aliphatic rings. The Bertz CT molecular complexity index is 1190. The fraction of sp³-hybridized carbons (Fsp3) is 0.185. The molecule has 4 rings (SSSR count). The van der Waals surface area contributed by atoms with Gasteiger partial charge in [0.15, 0.2) is 0 Å². The number of ether oxygens (including phenoxy) is 2. The Labute approximate surface area is 192 Å². The average Bonchev–Trinajstić information content (AvgIpc) is 3.14. The summed E-state index contributed by atoms with van der Waals surface area (Å²) in [6.07, 6.45) is 0.860. The molecule has 0 spiro atoms. The summed E-state index contributed by atoms with van der Waals surface area (Å²) < 4.78 is 10.4. The van der Waals surface area contributed by atoms with Gasteiger partial charge in [0.05, 0.1) is 25.8 Å². The lowest BCUT2D eigenvalue weighted by molar-refractivity contribution is -0.132. The zero-order valence-corrected chi connectivity index (χ0v) is 18.7. The van der Waals surface area contributed by atoms with Crippen LogP contribution in [-0.4, -0.2) is 31.0 Å². The number of amides is 1. The van der Waals surface area contributed by atoms with E-state index in [9.17, 15) is 14.7 Å².